The first-order valence-electron chi connectivity index (χ1n) is 3.85. The molecule has 0 unspecified atom stereocenters. The summed E-state index contributed by atoms with van der Waals surface area (Å²) in [5.74, 6) is -2.13. The van der Waals surface area contributed by atoms with Gasteiger partial charge in [-0.1, -0.05) is 0 Å². The van der Waals surface area contributed by atoms with Crippen LogP contribution in [0.2, 0.25) is 0 Å². The van der Waals surface area contributed by atoms with Gasteiger partial charge in [0.05, 0.1) is 0 Å². The van der Waals surface area contributed by atoms with E-state index in [0.29, 0.717) is 6.20 Å². The largest absolute Gasteiger partial charge is 0.573 e. The van der Waals surface area contributed by atoms with Gasteiger partial charge in [0.25, 0.3) is 0 Å². The van der Waals surface area contributed by atoms with Gasteiger partial charge in [-0.3, -0.25) is 0 Å². The van der Waals surface area contributed by atoms with Gasteiger partial charge in [0.15, 0.2) is 17.6 Å². The van der Waals surface area contributed by atoms with Gasteiger partial charge in [0.2, 0.25) is 0 Å². The number of nitro groups is 1. The van der Waals surface area contributed by atoms with Crippen molar-refractivity contribution in [3.05, 3.63) is 21.9 Å². The van der Waals surface area contributed by atoms with E-state index in [1.165, 1.54) is 6.07 Å². The number of hydrogen-bond acceptors (Lipinski definition) is 6. The first-order valence-corrected chi connectivity index (χ1v) is 3.85. The van der Waals surface area contributed by atoms with Gasteiger partial charge in [-0.2, -0.15) is 5.26 Å². The lowest BCUT2D eigenvalue weighted by Crippen LogP contribution is -2.19. The molecule has 1 aromatic heterocycles. The summed E-state index contributed by atoms with van der Waals surface area (Å²) in [4.78, 5) is 12.4. The van der Waals surface area contributed by atoms with Crippen LogP contribution in [0.5, 0.6) is 5.75 Å². The SMILES string of the molecule is N#Cc1cnc([N+](=O)[O-])c(N)c1OC(F)(F)F. The number of ether oxygens (including phenoxy) is 1. The Labute approximate surface area is 91.4 Å². The van der Waals surface area contributed by atoms with Crippen molar-refractivity contribution in [2.24, 2.45) is 0 Å². The van der Waals surface area contributed by atoms with Gasteiger partial charge in [-0.25, -0.2) is 0 Å². The number of anilines is 1. The smallest absolute Gasteiger partial charge is 0.402 e. The number of nitriles is 1. The molecule has 0 saturated heterocycles. The molecule has 0 amide bonds. The van der Waals surface area contributed by atoms with Crippen molar-refractivity contribution in [3.8, 4) is 11.8 Å². The van der Waals surface area contributed by atoms with Crippen molar-refractivity contribution in [3.63, 3.8) is 0 Å². The zero-order valence-electron chi connectivity index (χ0n) is 7.85. The average Bonchev–Trinajstić information content (AvgIpc) is 2.18. The molecule has 1 aromatic rings. The molecule has 0 aliphatic heterocycles. The lowest BCUT2D eigenvalue weighted by atomic mass is 10.2. The van der Waals surface area contributed by atoms with Gasteiger partial charge >= 0.3 is 12.2 Å². The molecule has 0 saturated carbocycles. The lowest BCUT2D eigenvalue weighted by Gasteiger charge is -2.11. The number of nitrogen functional groups attached to an aromatic ring is 1. The Bertz CT molecular complexity index is 508. The third-order valence-electron chi connectivity index (χ3n) is 1.56. The van der Waals surface area contributed by atoms with Crippen molar-refractivity contribution in [1.29, 1.82) is 5.26 Å². The van der Waals surface area contributed by atoms with Crippen LogP contribution in [0.15, 0.2) is 6.20 Å². The molecule has 7 nitrogen and oxygen atoms in total. The van der Waals surface area contributed by atoms with Crippen LogP contribution in [0.1, 0.15) is 5.56 Å². The topological polar surface area (TPSA) is 115 Å². The van der Waals surface area contributed by atoms with E-state index in [1.807, 2.05) is 0 Å². The number of aromatic nitrogens is 1. The lowest BCUT2D eigenvalue weighted by molar-refractivity contribution is -0.388. The summed E-state index contributed by atoms with van der Waals surface area (Å²) in [6, 6.07) is 1.34. The minimum atomic E-state index is -5.12. The summed E-state index contributed by atoms with van der Waals surface area (Å²) in [5, 5.41) is 18.9. The molecule has 1 heterocycles. The van der Waals surface area contributed by atoms with E-state index >= 15 is 0 Å². The summed E-state index contributed by atoms with van der Waals surface area (Å²) >= 11 is 0. The van der Waals surface area contributed by atoms with E-state index < -0.39 is 34.1 Å². The minimum Gasteiger partial charge on any atom is -0.402 e. The van der Waals surface area contributed by atoms with Gasteiger partial charge < -0.3 is 20.6 Å². The molecule has 2 N–H and O–H groups in total. The second-order valence-electron chi connectivity index (χ2n) is 2.65. The Morgan fingerprint density at radius 1 is 1.59 bits per heavy atom. The Balaban J connectivity index is 3.39. The highest BCUT2D eigenvalue weighted by Gasteiger charge is 2.35. The molecule has 0 fully saturated rings. The van der Waals surface area contributed by atoms with E-state index in [1.54, 1.807) is 0 Å². The van der Waals surface area contributed by atoms with Gasteiger partial charge in [-0.15, -0.1) is 13.2 Å². The normalized spacial score (nSPS) is 10.7. The van der Waals surface area contributed by atoms with Crippen molar-refractivity contribution in [2.75, 3.05) is 5.73 Å². The summed E-state index contributed by atoms with van der Waals surface area (Å²) in [6.07, 6.45) is -4.54. The maximum Gasteiger partial charge on any atom is 0.573 e. The summed E-state index contributed by atoms with van der Waals surface area (Å²) in [5.41, 5.74) is 3.49. The van der Waals surface area contributed by atoms with Crippen LogP contribution in [-0.4, -0.2) is 16.3 Å². The summed E-state index contributed by atoms with van der Waals surface area (Å²) < 4.78 is 39.4. The molecule has 0 atom stereocenters. The zero-order chi connectivity index (χ0) is 13.2. The third kappa shape index (κ3) is 2.71. The predicted octanol–water partition coefficient (Wildman–Crippen LogP) is 1.34. The average molecular weight is 248 g/mol. The van der Waals surface area contributed by atoms with Crippen molar-refractivity contribution in [2.45, 2.75) is 6.36 Å². The highest BCUT2D eigenvalue weighted by atomic mass is 19.4. The zero-order valence-corrected chi connectivity index (χ0v) is 7.85. The number of rotatable bonds is 2. The van der Waals surface area contributed by atoms with Gasteiger partial charge in [-0.05, 0) is 9.91 Å². The number of alkyl halides is 3. The molecular weight excluding hydrogens is 245 g/mol. The van der Waals surface area contributed by atoms with E-state index in [0.717, 1.165) is 0 Å². The number of hydrogen-bond donors (Lipinski definition) is 1. The number of pyridine rings is 1. The van der Waals surface area contributed by atoms with Crippen molar-refractivity contribution in [1.82, 2.24) is 4.98 Å². The highest BCUT2D eigenvalue weighted by Crippen LogP contribution is 2.35. The molecule has 17 heavy (non-hydrogen) atoms. The molecule has 1 rings (SSSR count). The molecular formula is C7H3F3N4O3. The second-order valence-corrected chi connectivity index (χ2v) is 2.65. The third-order valence-corrected chi connectivity index (χ3v) is 1.56. The maximum absolute atomic E-state index is 12.0. The molecule has 90 valence electrons. The van der Waals surface area contributed by atoms with E-state index in [2.05, 4.69) is 9.72 Å². The maximum atomic E-state index is 12.0. The van der Waals surface area contributed by atoms with Crippen LogP contribution in [-0.2, 0) is 0 Å². The highest BCUT2D eigenvalue weighted by molar-refractivity contribution is 5.68. The molecule has 10 heteroatoms. The Kier molecular flexibility index (Phi) is 3.03. The van der Waals surface area contributed by atoms with Crippen LogP contribution in [0.3, 0.4) is 0 Å². The van der Waals surface area contributed by atoms with Gasteiger partial charge in [0.1, 0.15) is 11.6 Å². The molecule has 0 aliphatic carbocycles. The van der Waals surface area contributed by atoms with Gasteiger partial charge in [0, 0.05) is 0 Å². The van der Waals surface area contributed by atoms with Crippen molar-refractivity contribution < 1.29 is 22.8 Å². The number of nitrogens with zero attached hydrogens (tertiary/aromatic N) is 3. The van der Waals surface area contributed by atoms with E-state index in [4.69, 9.17) is 11.0 Å². The molecule has 0 spiro atoms. The quantitative estimate of drug-likeness (QED) is 0.623. The fourth-order valence-corrected chi connectivity index (χ4v) is 0.951. The number of halogens is 3. The second kappa shape index (κ2) is 4.12. The van der Waals surface area contributed by atoms with Crippen LogP contribution < -0.4 is 10.5 Å². The fourth-order valence-electron chi connectivity index (χ4n) is 0.951. The van der Waals surface area contributed by atoms with Crippen LogP contribution in [0.4, 0.5) is 24.7 Å². The first-order chi connectivity index (χ1) is 7.76. The summed E-state index contributed by atoms with van der Waals surface area (Å²) in [6.45, 7) is 0. The predicted molar refractivity (Wildman–Crippen MR) is 46.7 cm³/mol. The first kappa shape index (κ1) is 12.5. The fraction of sp³-hybridized carbons (Fsp3) is 0.143. The van der Waals surface area contributed by atoms with Crippen LogP contribution in [0.25, 0.3) is 0 Å². The monoisotopic (exact) mass is 248 g/mol. The summed E-state index contributed by atoms with van der Waals surface area (Å²) in [7, 11) is 0. The minimum absolute atomic E-state index is 0.579. The van der Waals surface area contributed by atoms with Crippen molar-refractivity contribution >= 4 is 11.5 Å². The van der Waals surface area contributed by atoms with E-state index in [9.17, 15) is 23.3 Å². The Morgan fingerprint density at radius 2 is 2.18 bits per heavy atom. The number of nitrogens with two attached hydrogens (primary N) is 1. The molecule has 0 aliphatic rings. The Hall–Kier alpha value is -2.57. The standard InChI is InChI=1S/C7H3F3N4O3/c8-7(9,10)17-5-3(1-11)2-13-6(4(5)12)14(15)16/h2H,12H2. The molecule has 0 aromatic carbocycles. The Morgan fingerprint density at radius 3 is 2.59 bits per heavy atom. The van der Waals surface area contributed by atoms with Crippen LogP contribution in [0, 0.1) is 21.4 Å². The van der Waals surface area contributed by atoms with Crippen LogP contribution >= 0.6 is 0 Å². The molecule has 0 bridgehead atoms. The van der Waals surface area contributed by atoms with E-state index in [-0.39, 0.29) is 0 Å². The molecule has 0 radical (unpaired) electrons.